The van der Waals surface area contributed by atoms with Gasteiger partial charge < -0.3 is 10.1 Å². The van der Waals surface area contributed by atoms with Crippen molar-refractivity contribution in [2.45, 2.75) is 42.1 Å². The Morgan fingerprint density at radius 1 is 1.03 bits per heavy atom. The molecule has 4 aromatic rings. The molecule has 2 aromatic heterocycles. The van der Waals surface area contributed by atoms with Gasteiger partial charge in [0.05, 0.1) is 16.7 Å². The van der Waals surface area contributed by atoms with E-state index in [1.165, 1.54) is 16.0 Å². The number of carboxylic acids is 1. The van der Waals surface area contributed by atoms with Crippen molar-refractivity contribution in [1.29, 1.82) is 0 Å². The Labute approximate surface area is 214 Å². The minimum absolute atomic E-state index is 0.203. The van der Waals surface area contributed by atoms with Gasteiger partial charge in [-0.05, 0) is 49.2 Å². The maximum atomic E-state index is 11.0. The lowest BCUT2D eigenvalue weighted by molar-refractivity contribution is -0.137. The third kappa shape index (κ3) is 7.59. The number of thioether (sulfide) groups is 2. The van der Waals surface area contributed by atoms with E-state index in [1.807, 2.05) is 60.4 Å². The molecule has 8 heteroatoms. The highest BCUT2D eigenvalue weighted by Crippen LogP contribution is 2.28. The third-order valence-corrected chi connectivity index (χ3v) is 7.78. The highest BCUT2D eigenvalue weighted by Gasteiger charge is 2.11. The summed E-state index contributed by atoms with van der Waals surface area (Å²) in [7, 11) is 0. The number of aromatic nitrogens is 3. The van der Waals surface area contributed by atoms with Gasteiger partial charge in [-0.1, -0.05) is 54.2 Å². The second-order valence-corrected chi connectivity index (χ2v) is 10.4. The van der Waals surface area contributed by atoms with Crippen LogP contribution in [0, 0.1) is 6.92 Å². The molecule has 0 aliphatic heterocycles. The lowest BCUT2D eigenvalue weighted by atomic mass is 10.2. The molecule has 0 aliphatic carbocycles. The van der Waals surface area contributed by atoms with E-state index in [1.54, 1.807) is 11.8 Å². The number of pyridine rings is 1. The number of fused-ring (bicyclic) bond motifs is 1. The molecule has 0 radical (unpaired) electrons. The average Bonchev–Trinajstić information content (AvgIpc) is 3.28. The average molecular weight is 507 g/mol. The summed E-state index contributed by atoms with van der Waals surface area (Å²) in [6.45, 7) is 4.63. The Morgan fingerprint density at radius 2 is 1.83 bits per heavy atom. The van der Waals surface area contributed by atoms with Crippen molar-refractivity contribution in [1.82, 2.24) is 19.9 Å². The first-order valence-electron chi connectivity index (χ1n) is 11.7. The summed E-state index contributed by atoms with van der Waals surface area (Å²) in [4.78, 5) is 27.2. The molecule has 0 aliphatic rings. The number of hydrogen-bond donors (Lipinski definition) is 2. The van der Waals surface area contributed by atoms with E-state index >= 15 is 0 Å². The molecule has 2 aromatic carbocycles. The summed E-state index contributed by atoms with van der Waals surface area (Å²) in [5.74, 6) is 0.954. The molecule has 0 saturated heterocycles. The molecule has 2 N–H and O–H groups in total. The fourth-order valence-corrected chi connectivity index (χ4v) is 5.82. The number of aromatic amines is 1. The van der Waals surface area contributed by atoms with Crippen LogP contribution in [-0.4, -0.2) is 49.8 Å². The molecule has 0 spiro atoms. The van der Waals surface area contributed by atoms with Gasteiger partial charge in [0.25, 0.3) is 0 Å². The lowest BCUT2D eigenvalue weighted by Gasteiger charge is -2.22. The molecule has 0 bridgehead atoms. The van der Waals surface area contributed by atoms with Crippen LogP contribution in [0.2, 0.25) is 0 Å². The molecule has 0 amide bonds. The van der Waals surface area contributed by atoms with E-state index in [9.17, 15) is 4.79 Å². The zero-order valence-corrected chi connectivity index (χ0v) is 21.4. The number of rotatable bonds is 13. The SMILES string of the molecule is Cc1c(SCCN(CCCC(=O)O)Cc2ccccc2)ccnc1CSc1nc2ccccc2[nH]1. The summed E-state index contributed by atoms with van der Waals surface area (Å²) in [5.41, 5.74) is 5.56. The van der Waals surface area contributed by atoms with Crippen molar-refractivity contribution in [3.8, 4) is 0 Å². The molecule has 0 unspecified atom stereocenters. The number of imidazole rings is 1. The van der Waals surface area contributed by atoms with Gasteiger partial charge in [0, 0.05) is 42.1 Å². The van der Waals surface area contributed by atoms with E-state index in [0.29, 0.717) is 6.42 Å². The van der Waals surface area contributed by atoms with Gasteiger partial charge >= 0.3 is 5.97 Å². The standard InChI is InChI=1S/C27H30N4O2S2/c1-20-24(19-35-27-29-22-10-5-6-11-23(22)30-27)28-14-13-25(20)34-17-16-31(15-7-12-26(32)33)18-21-8-3-2-4-9-21/h2-6,8-11,13-14H,7,12,15-19H2,1H3,(H,29,30)(H,32,33). The molecular weight excluding hydrogens is 476 g/mol. The normalized spacial score (nSPS) is 11.4. The summed E-state index contributed by atoms with van der Waals surface area (Å²) >= 11 is 3.50. The predicted octanol–water partition coefficient (Wildman–Crippen LogP) is 6.02. The van der Waals surface area contributed by atoms with Crippen LogP contribution in [0.15, 0.2) is 76.9 Å². The molecule has 182 valence electrons. The Balaban J connectivity index is 1.33. The molecule has 6 nitrogen and oxygen atoms in total. The second-order valence-electron chi connectivity index (χ2n) is 8.34. The number of benzene rings is 2. The molecule has 2 heterocycles. The Bertz CT molecular complexity index is 1210. The van der Waals surface area contributed by atoms with Gasteiger partial charge in [-0.15, -0.1) is 11.8 Å². The maximum Gasteiger partial charge on any atom is 0.303 e. The minimum Gasteiger partial charge on any atom is -0.481 e. The lowest BCUT2D eigenvalue weighted by Crippen LogP contribution is -2.27. The molecular formula is C27H30N4O2S2. The first kappa shape index (κ1) is 25.3. The quantitative estimate of drug-likeness (QED) is 0.215. The zero-order valence-electron chi connectivity index (χ0n) is 19.8. The molecule has 4 rings (SSSR count). The molecule has 0 saturated carbocycles. The van der Waals surface area contributed by atoms with Gasteiger partial charge in [-0.2, -0.15) is 0 Å². The summed E-state index contributed by atoms with van der Waals surface area (Å²) in [6, 6.07) is 20.5. The third-order valence-electron chi connectivity index (χ3n) is 5.75. The van der Waals surface area contributed by atoms with Crippen molar-refractivity contribution < 1.29 is 9.90 Å². The van der Waals surface area contributed by atoms with E-state index in [4.69, 9.17) is 5.11 Å². The predicted molar refractivity (Wildman–Crippen MR) is 144 cm³/mol. The number of H-pyrrole nitrogens is 1. The number of carboxylic acid groups (broad SMARTS) is 1. The van der Waals surface area contributed by atoms with Gasteiger partial charge in [-0.25, -0.2) is 4.98 Å². The van der Waals surface area contributed by atoms with E-state index < -0.39 is 5.97 Å². The molecule has 0 fully saturated rings. The van der Waals surface area contributed by atoms with E-state index in [2.05, 4.69) is 45.0 Å². The summed E-state index contributed by atoms with van der Waals surface area (Å²) in [5, 5.41) is 9.92. The van der Waals surface area contributed by atoms with Crippen molar-refractivity contribution in [3.63, 3.8) is 0 Å². The first-order valence-corrected chi connectivity index (χ1v) is 13.7. The van der Waals surface area contributed by atoms with Gasteiger partial charge in [0.15, 0.2) is 5.16 Å². The largest absolute Gasteiger partial charge is 0.481 e. The monoisotopic (exact) mass is 506 g/mol. The second kappa shape index (κ2) is 12.8. The van der Waals surface area contributed by atoms with Gasteiger partial charge in [-0.3, -0.25) is 14.7 Å². The maximum absolute atomic E-state index is 11.0. The Morgan fingerprint density at radius 3 is 2.63 bits per heavy atom. The smallest absolute Gasteiger partial charge is 0.303 e. The van der Waals surface area contributed by atoms with Crippen LogP contribution in [0.3, 0.4) is 0 Å². The van der Waals surface area contributed by atoms with Crippen LogP contribution >= 0.6 is 23.5 Å². The minimum atomic E-state index is -0.737. The van der Waals surface area contributed by atoms with Gasteiger partial charge in [0.2, 0.25) is 0 Å². The zero-order chi connectivity index (χ0) is 24.5. The Kier molecular flexibility index (Phi) is 9.22. The van der Waals surface area contributed by atoms with Crippen LogP contribution in [0.25, 0.3) is 11.0 Å². The number of para-hydroxylation sites is 2. The van der Waals surface area contributed by atoms with Crippen molar-refractivity contribution in [3.05, 3.63) is 83.7 Å². The number of aliphatic carboxylic acids is 1. The van der Waals surface area contributed by atoms with E-state index in [0.717, 1.165) is 53.0 Å². The molecule has 35 heavy (non-hydrogen) atoms. The number of nitrogens with one attached hydrogen (secondary N) is 1. The fraction of sp³-hybridized carbons (Fsp3) is 0.296. The first-order chi connectivity index (χ1) is 17.1. The Hall–Kier alpha value is -2.81. The number of nitrogens with zero attached hydrogens (tertiary/aromatic N) is 3. The van der Waals surface area contributed by atoms with Crippen molar-refractivity contribution in [2.75, 3.05) is 18.8 Å². The highest BCUT2D eigenvalue weighted by molar-refractivity contribution is 7.99. The van der Waals surface area contributed by atoms with Crippen molar-refractivity contribution >= 4 is 40.5 Å². The topological polar surface area (TPSA) is 82.1 Å². The number of hydrogen-bond acceptors (Lipinski definition) is 6. The fourth-order valence-electron chi connectivity index (χ4n) is 3.85. The van der Waals surface area contributed by atoms with Crippen LogP contribution in [0.5, 0.6) is 0 Å². The number of carbonyl (C=O) groups is 1. The van der Waals surface area contributed by atoms with Crippen molar-refractivity contribution in [2.24, 2.45) is 0 Å². The summed E-state index contributed by atoms with van der Waals surface area (Å²) in [6.07, 6.45) is 2.75. The summed E-state index contributed by atoms with van der Waals surface area (Å²) < 4.78 is 0. The van der Waals surface area contributed by atoms with E-state index in [-0.39, 0.29) is 6.42 Å². The van der Waals surface area contributed by atoms with Crippen LogP contribution < -0.4 is 0 Å². The van der Waals surface area contributed by atoms with Gasteiger partial charge in [0.1, 0.15) is 0 Å². The van der Waals surface area contributed by atoms with Crippen LogP contribution in [0.4, 0.5) is 0 Å². The van der Waals surface area contributed by atoms with Crippen LogP contribution in [0.1, 0.15) is 29.7 Å². The molecule has 0 atom stereocenters. The van der Waals surface area contributed by atoms with Crippen LogP contribution in [-0.2, 0) is 17.1 Å². The highest BCUT2D eigenvalue weighted by atomic mass is 32.2.